The summed E-state index contributed by atoms with van der Waals surface area (Å²) < 4.78 is 7.70. The van der Waals surface area contributed by atoms with Crippen LogP contribution in [0.5, 0.6) is 11.5 Å². The molecule has 0 amide bonds. The Balaban J connectivity index is 1.82. The molecule has 40 heavy (non-hydrogen) atoms. The molecule has 0 aliphatic rings. The number of phenols is 1. The summed E-state index contributed by atoms with van der Waals surface area (Å²) in [4.78, 5) is 7.71. The molecule has 0 spiro atoms. The fourth-order valence-corrected chi connectivity index (χ4v) is 4.98. The van der Waals surface area contributed by atoms with Crippen LogP contribution in [0.15, 0.2) is 103 Å². The summed E-state index contributed by atoms with van der Waals surface area (Å²) >= 11 is 0. The Bertz CT molecular complexity index is 1420. The van der Waals surface area contributed by atoms with Gasteiger partial charge in [-0.2, -0.15) is 0 Å². The standard InChI is InChI=1S/C35H41N3O2/c1-5-7-15-27(3)24-37(25-28-20-21-33(40-4)32(39)23-28)26-31-34(29-16-11-9-12-17-29)36-35(38(31)22-8-6-2)30-18-13-10-14-19-30/h5,7,9-21,23,39H,6,8,22,24-26H2,1-4H3/b7-5-,27-15+. The van der Waals surface area contributed by atoms with Crippen LogP contribution in [-0.4, -0.2) is 33.2 Å². The molecule has 1 aromatic heterocycles. The number of aromatic nitrogens is 2. The third-order valence-electron chi connectivity index (χ3n) is 6.96. The van der Waals surface area contributed by atoms with Gasteiger partial charge in [0.1, 0.15) is 5.82 Å². The van der Waals surface area contributed by atoms with Crippen molar-refractivity contribution in [2.75, 3.05) is 13.7 Å². The lowest BCUT2D eigenvalue weighted by Gasteiger charge is -2.25. The summed E-state index contributed by atoms with van der Waals surface area (Å²) in [5.74, 6) is 1.65. The molecule has 0 aliphatic heterocycles. The molecule has 208 valence electrons. The summed E-state index contributed by atoms with van der Waals surface area (Å²) in [5, 5.41) is 10.5. The molecule has 5 nitrogen and oxygen atoms in total. The number of allylic oxidation sites excluding steroid dienone is 3. The lowest BCUT2D eigenvalue weighted by Crippen LogP contribution is -2.26. The van der Waals surface area contributed by atoms with Crippen molar-refractivity contribution in [3.63, 3.8) is 0 Å². The van der Waals surface area contributed by atoms with Crippen molar-refractivity contribution in [3.05, 3.63) is 114 Å². The highest BCUT2D eigenvalue weighted by Gasteiger charge is 2.22. The Hall–Kier alpha value is -4.09. The summed E-state index contributed by atoms with van der Waals surface area (Å²) in [5.41, 5.74) is 6.76. The average molecular weight is 536 g/mol. The summed E-state index contributed by atoms with van der Waals surface area (Å²) in [6.45, 7) is 9.50. The van der Waals surface area contributed by atoms with Crippen LogP contribution in [-0.2, 0) is 19.6 Å². The fourth-order valence-electron chi connectivity index (χ4n) is 4.98. The zero-order valence-corrected chi connectivity index (χ0v) is 24.2. The van der Waals surface area contributed by atoms with E-state index in [0.29, 0.717) is 18.8 Å². The van der Waals surface area contributed by atoms with E-state index in [4.69, 9.17) is 9.72 Å². The van der Waals surface area contributed by atoms with Crippen molar-refractivity contribution in [2.45, 2.75) is 53.2 Å². The Labute approximate surface area is 239 Å². The van der Waals surface area contributed by atoms with Crippen LogP contribution >= 0.6 is 0 Å². The quantitative estimate of drug-likeness (QED) is 0.175. The van der Waals surface area contributed by atoms with Gasteiger partial charge in [0.05, 0.1) is 18.5 Å². The van der Waals surface area contributed by atoms with Crippen molar-refractivity contribution in [1.29, 1.82) is 0 Å². The lowest BCUT2D eigenvalue weighted by molar-refractivity contribution is 0.271. The molecule has 3 aromatic carbocycles. The molecule has 5 heteroatoms. The molecule has 0 aliphatic carbocycles. The van der Waals surface area contributed by atoms with Crippen LogP contribution in [0.3, 0.4) is 0 Å². The van der Waals surface area contributed by atoms with Crippen molar-refractivity contribution in [1.82, 2.24) is 14.5 Å². The number of phenolic OH excluding ortho intramolecular Hbond substituents is 1. The summed E-state index contributed by atoms with van der Waals surface area (Å²) in [6.07, 6.45) is 8.48. The fraction of sp³-hybridized carbons (Fsp3) is 0.286. The van der Waals surface area contributed by atoms with E-state index < -0.39 is 0 Å². The maximum atomic E-state index is 10.5. The Morgan fingerprint density at radius 3 is 2.30 bits per heavy atom. The van der Waals surface area contributed by atoms with E-state index in [-0.39, 0.29) is 5.75 Å². The van der Waals surface area contributed by atoms with Crippen LogP contribution < -0.4 is 4.74 Å². The second-order valence-corrected chi connectivity index (χ2v) is 10.2. The molecule has 0 atom stereocenters. The minimum atomic E-state index is 0.158. The molecular weight excluding hydrogens is 494 g/mol. The number of unbranched alkanes of at least 4 members (excludes halogenated alkanes) is 1. The number of rotatable bonds is 13. The van der Waals surface area contributed by atoms with Gasteiger partial charge in [0.25, 0.3) is 0 Å². The molecule has 0 radical (unpaired) electrons. The molecular formula is C35H41N3O2. The van der Waals surface area contributed by atoms with Gasteiger partial charge in [-0.25, -0.2) is 4.98 Å². The van der Waals surface area contributed by atoms with Gasteiger partial charge >= 0.3 is 0 Å². The molecule has 0 unspecified atom stereocenters. The Kier molecular flexibility index (Phi) is 10.4. The van der Waals surface area contributed by atoms with E-state index in [1.165, 1.54) is 11.3 Å². The largest absolute Gasteiger partial charge is 0.504 e. The maximum Gasteiger partial charge on any atom is 0.160 e. The topological polar surface area (TPSA) is 50.5 Å². The zero-order valence-electron chi connectivity index (χ0n) is 24.2. The van der Waals surface area contributed by atoms with Gasteiger partial charge in [0, 0.05) is 37.3 Å². The number of hydrogen-bond donors (Lipinski definition) is 1. The van der Waals surface area contributed by atoms with Crippen molar-refractivity contribution < 1.29 is 9.84 Å². The van der Waals surface area contributed by atoms with Gasteiger partial charge in [0.15, 0.2) is 11.5 Å². The minimum Gasteiger partial charge on any atom is -0.504 e. The van der Waals surface area contributed by atoms with E-state index >= 15 is 0 Å². The molecule has 0 bridgehead atoms. The van der Waals surface area contributed by atoms with Crippen LogP contribution in [0, 0.1) is 0 Å². The predicted octanol–water partition coefficient (Wildman–Crippen LogP) is 8.26. The minimum absolute atomic E-state index is 0.158. The summed E-state index contributed by atoms with van der Waals surface area (Å²) in [7, 11) is 1.57. The highest BCUT2D eigenvalue weighted by atomic mass is 16.5. The van der Waals surface area contributed by atoms with Crippen LogP contribution in [0.2, 0.25) is 0 Å². The third kappa shape index (κ3) is 7.30. The molecule has 4 aromatic rings. The number of benzene rings is 3. The van der Waals surface area contributed by atoms with Gasteiger partial charge in [-0.15, -0.1) is 0 Å². The van der Waals surface area contributed by atoms with E-state index in [2.05, 4.69) is 90.1 Å². The number of methoxy groups -OCH3 is 1. The summed E-state index contributed by atoms with van der Waals surface area (Å²) in [6, 6.07) is 26.7. The number of hydrogen-bond acceptors (Lipinski definition) is 4. The van der Waals surface area contributed by atoms with E-state index in [9.17, 15) is 5.11 Å². The first-order valence-corrected chi connectivity index (χ1v) is 14.1. The van der Waals surface area contributed by atoms with Crippen molar-refractivity contribution >= 4 is 0 Å². The maximum absolute atomic E-state index is 10.5. The van der Waals surface area contributed by atoms with Crippen molar-refractivity contribution in [2.24, 2.45) is 0 Å². The van der Waals surface area contributed by atoms with Gasteiger partial charge in [-0.05, 0) is 38.0 Å². The number of aromatic hydroxyl groups is 1. The second-order valence-electron chi connectivity index (χ2n) is 10.2. The highest BCUT2D eigenvalue weighted by Crippen LogP contribution is 2.32. The van der Waals surface area contributed by atoms with Crippen LogP contribution in [0.25, 0.3) is 22.6 Å². The molecule has 0 saturated carbocycles. The average Bonchev–Trinajstić information content (AvgIpc) is 3.33. The highest BCUT2D eigenvalue weighted by molar-refractivity contribution is 5.68. The molecule has 4 rings (SSSR count). The van der Waals surface area contributed by atoms with E-state index in [1.807, 2.05) is 31.2 Å². The van der Waals surface area contributed by atoms with E-state index in [0.717, 1.165) is 54.1 Å². The monoisotopic (exact) mass is 535 g/mol. The van der Waals surface area contributed by atoms with Crippen LogP contribution in [0.1, 0.15) is 44.9 Å². The number of nitrogens with zero attached hydrogens (tertiary/aromatic N) is 3. The van der Waals surface area contributed by atoms with Crippen molar-refractivity contribution in [3.8, 4) is 34.1 Å². The second kappa shape index (κ2) is 14.3. The normalized spacial score (nSPS) is 12.0. The number of imidazole rings is 1. The SMILES string of the molecule is C/C=C\C=C(/C)CN(Cc1ccc(OC)c(O)c1)Cc1c(-c2ccccc2)nc(-c2ccccc2)n1CCCC. The zero-order chi connectivity index (χ0) is 28.3. The lowest BCUT2D eigenvalue weighted by atomic mass is 10.1. The first kappa shape index (κ1) is 28.9. The van der Waals surface area contributed by atoms with Gasteiger partial charge in [0.2, 0.25) is 0 Å². The first-order valence-electron chi connectivity index (χ1n) is 14.1. The first-order chi connectivity index (χ1) is 19.5. The van der Waals surface area contributed by atoms with Gasteiger partial charge in [-0.1, -0.05) is 104 Å². The third-order valence-corrected chi connectivity index (χ3v) is 6.96. The molecule has 1 N–H and O–H groups in total. The van der Waals surface area contributed by atoms with Crippen LogP contribution in [0.4, 0.5) is 0 Å². The molecule has 1 heterocycles. The Morgan fingerprint density at radius 1 is 0.975 bits per heavy atom. The molecule has 0 saturated heterocycles. The number of ether oxygens (including phenoxy) is 1. The van der Waals surface area contributed by atoms with Gasteiger partial charge in [-0.3, -0.25) is 4.90 Å². The predicted molar refractivity (Wildman–Crippen MR) is 165 cm³/mol. The van der Waals surface area contributed by atoms with Gasteiger partial charge < -0.3 is 14.4 Å². The molecule has 0 fully saturated rings. The smallest absolute Gasteiger partial charge is 0.160 e. The Morgan fingerprint density at radius 2 is 1.68 bits per heavy atom. The van der Waals surface area contributed by atoms with E-state index in [1.54, 1.807) is 13.2 Å².